The number of nitrogens with zero attached hydrogens (tertiary/aromatic N) is 3. The summed E-state index contributed by atoms with van der Waals surface area (Å²) in [6.45, 7) is 1.64. The van der Waals surface area contributed by atoms with Crippen molar-refractivity contribution in [3.8, 4) is 11.4 Å². The SMILES string of the molecule is Cn1cc(-c2noc(CCNCc3ccccc3)n2)c2ccccc21. The van der Waals surface area contributed by atoms with E-state index in [1.807, 2.05) is 43.6 Å². The van der Waals surface area contributed by atoms with Gasteiger partial charge in [0.25, 0.3) is 0 Å². The van der Waals surface area contributed by atoms with Gasteiger partial charge < -0.3 is 14.4 Å². The Kier molecular flexibility index (Phi) is 4.31. The van der Waals surface area contributed by atoms with Crippen LogP contribution in [0.1, 0.15) is 11.5 Å². The van der Waals surface area contributed by atoms with Crippen molar-refractivity contribution in [2.24, 2.45) is 7.05 Å². The molecule has 0 radical (unpaired) electrons. The highest BCUT2D eigenvalue weighted by molar-refractivity contribution is 5.94. The predicted molar refractivity (Wildman–Crippen MR) is 98.1 cm³/mol. The van der Waals surface area contributed by atoms with Gasteiger partial charge in [-0.3, -0.25) is 0 Å². The molecule has 0 atom stereocenters. The van der Waals surface area contributed by atoms with Crippen LogP contribution in [0.15, 0.2) is 65.3 Å². The third-order valence-corrected chi connectivity index (χ3v) is 4.29. The first-order chi connectivity index (χ1) is 12.3. The topological polar surface area (TPSA) is 55.9 Å². The number of fused-ring (bicyclic) bond motifs is 1. The fourth-order valence-corrected chi connectivity index (χ4v) is 3.01. The Morgan fingerprint density at radius 3 is 2.72 bits per heavy atom. The second-order valence-electron chi connectivity index (χ2n) is 6.09. The summed E-state index contributed by atoms with van der Waals surface area (Å²) in [5, 5.41) is 8.70. The summed E-state index contributed by atoms with van der Waals surface area (Å²) in [7, 11) is 2.03. The average molecular weight is 332 g/mol. The van der Waals surface area contributed by atoms with Crippen LogP contribution in [0, 0.1) is 0 Å². The lowest BCUT2D eigenvalue weighted by molar-refractivity contribution is 0.376. The first kappa shape index (κ1) is 15.6. The van der Waals surface area contributed by atoms with E-state index in [0.717, 1.165) is 29.6 Å². The fraction of sp³-hybridized carbons (Fsp3) is 0.200. The van der Waals surface area contributed by atoms with Crippen LogP contribution in [0.25, 0.3) is 22.3 Å². The van der Waals surface area contributed by atoms with Gasteiger partial charge in [0, 0.05) is 49.2 Å². The van der Waals surface area contributed by atoms with Gasteiger partial charge in [0.05, 0.1) is 0 Å². The monoisotopic (exact) mass is 332 g/mol. The number of aryl methyl sites for hydroxylation is 1. The number of nitrogens with one attached hydrogen (secondary N) is 1. The van der Waals surface area contributed by atoms with Crippen molar-refractivity contribution in [3.63, 3.8) is 0 Å². The molecule has 2 aromatic carbocycles. The molecule has 1 N–H and O–H groups in total. The second-order valence-corrected chi connectivity index (χ2v) is 6.09. The molecule has 0 aliphatic heterocycles. The Morgan fingerprint density at radius 1 is 1.04 bits per heavy atom. The first-order valence-electron chi connectivity index (χ1n) is 8.43. The summed E-state index contributed by atoms with van der Waals surface area (Å²) in [4.78, 5) is 4.56. The lowest BCUT2D eigenvalue weighted by Gasteiger charge is -2.02. The minimum absolute atomic E-state index is 0.648. The molecule has 0 saturated carbocycles. The van der Waals surface area contributed by atoms with Crippen LogP contribution >= 0.6 is 0 Å². The fourth-order valence-electron chi connectivity index (χ4n) is 3.01. The molecule has 0 aliphatic carbocycles. The van der Waals surface area contributed by atoms with E-state index >= 15 is 0 Å². The number of hydrogen-bond acceptors (Lipinski definition) is 4. The van der Waals surface area contributed by atoms with E-state index in [4.69, 9.17) is 4.52 Å². The molecule has 0 saturated heterocycles. The molecular formula is C20H20N4O. The van der Waals surface area contributed by atoms with Gasteiger partial charge >= 0.3 is 0 Å². The van der Waals surface area contributed by atoms with Crippen molar-refractivity contribution in [2.45, 2.75) is 13.0 Å². The molecule has 2 aromatic heterocycles. The Bertz CT molecular complexity index is 972. The average Bonchev–Trinajstić information content (AvgIpc) is 3.25. The summed E-state index contributed by atoms with van der Waals surface area (Å²) in [5.41, 5.74) is 3.43. The van der Waals surface area contributed by atoms with E-state index in [1.54, 1.807) is 0 Å². The van der Waals surface area contributed by atoms with Gasteiger partial charge in [0.15, 0.2) is 0 Å². The summed E-state index contributed by atoms with van der Waals surface area (Å²) >= 11 is 0. The molecule has 0 unspecified atom stereocenters. The lowest BCUT2D eigenvalue weighted by Crippen LogP contribution is -2.16. The molecule has 5 heteroatoms. The Labute approximate surface area is 146 Å². The number of rotatable bonds is 6. The normalized spacial score (nSPS) is 11.2. The van der Waals surface area contributed by atoms with Crippen LogP contribution in [-0.2, 0) is 20.0 Å². The van der Waals surface area contributed by atoms with Crippen LogP contribution in [0.5, 0.6) is 0 Å². The minimum atomic E-state index is 0.648. The summed E-state index contributed by atoms with van der Waals surface area (Å²) in [6.07, 6.45) is 2.76. The Morgan fingerprint density at radius 2 is 1.84 bits per heavy atom. The molecule has 5 nitrogen and oxygen atoms in total. The zero-order chi connectivity index (χ0) is 17.1. The summed E-state index contributed by atoms with van der Waals surface area (Å²) < 4.78 is 7.50. The molecule has 25 heavy (non-hydrogen) atoms. The van der Waals surface area contributed by atoms with Crippen molar-refractivity contribution >= 4 is 10.9 Å². The van der Waals surface area contributed by atoms with E-state index in [0.29, 0.717) is 18.1 Å². The van der Waals surface area contributed by atoms with Crippen molar-refractivity contribution in [1.82, 2.24) is 20.0 Å². The minimum Gasteiger partial charge on any atom is -0.350 e. The molecule has 0 spiro atoms. The molecule has 2 heterocycles. The Balaban J connectivity index is 1.42. The van der Waals surface area contributed by atoms with E-state index in [1.165, 1.54) is 5.56 Å². The molecule has 0 amide bonds. The number of para-hydroxylation sites is 1. The quantitative estimate of drug-likeness (QED) is 0.549. The van der Waals surface area contributed by atoms with Gasteiger partial charge in [-0.25, -0.2) is 0 Å². The van der Waals surface area contributed by atoms with Crippen molar-refractivity contribution in [3.05, 3.63) is 72.2 Å². The van der Waals surface area contributed by atoms with Gasteiger partial charge in [0.2, 0.25) is 11.7 Å². The second kappa shape index (κ2) is 6.91. The largest absolute Gasteiger partial charge is 0.350 e. The van der Waals surface area contributed by atoms with E-state index in [9.17, 15) is 0 Å². The Hall–Kier alpha value is -2.92. The first-order valence-corrected chi connectivity index (χ1v) is 8.43. The highest BCUT2D eigenvalue weighted by Crippen LogP contribution is 2.27. The highest BCUT2D eigenvalue weighted by Gasteiger charge is 2.14. The number of hydrogen-bond donors (Lipinski definition) is 1. The maximum absolute atomic E-state index is 5.42. The summed E-state index contributed by atoms with van der Waals surface area (Å²) in [6, 6.07) is 18.6. The zero-order valence-corrected chi connectivity index (χ0v) is 14.1. The van der Waals surface area contributed by atoms with Crippen LogP contribution in [0.2, 0.25) is 0 Å². The van der Waals surface area contributed by atoms with Crippen molar-refractivity contribution in [1.29, 1.82) is 0 Å². The van der Waals surface area contributed by atoms with E-state index in [-0.39, 0.29) is 0 Å². The van der Waals surface area contributed by atoms with Gasteiger partial charge in [-0.15, -0.1) is 0 Å². The molecule has 0 bridgehead atoms. The smallest absolute Gasteiger partial charge is 0.228 e. The van der Waals surface area contributed by atoms with E-state index in [2.05, 4.69) is 44.3 Å². The lowest BCUT2D eigenvalue weighted by atomic mass is 10.2. The summed E-state index contributed by atoms with van der Waals surface area (Å²) in [5.74, 6) is 1.30. The molecule has 126 valence electrons. The molecule has 0 fully saturated rings. The van der Waals surface area contributed by atoms with Gasteiger partial charge in [-0.2, -0.15) is 4.98 Å². The zero-order valence-electron chi connectivity index (χ0n) is 14.1. The van der Waals surface area contributed by atoms with Crippen LogP contribution < -0.4 is 5.32 Å². The third-order valence-electron chi connectivity index (χ3n) is 4.29. The highest BCUT2D eigenvalue weighted by atomic mass is 16.5. The van der Waals surface area contributed by atoms with Gasteiger partial charge in [-0.1, -0.05) is 53.7 Å². The predicted octanol–water partition coefficient (Wildman–Crippen LogP) is 3.56. The number of benzene rings is 2. The maximum atomic E-state index is 5.42. The third kappa shape index (κ3) is 3.32. The van der Waals surface area contributed by atoms with E-state index < -0.39 is 0 Å². The van der Waals surface area contributed by atoms with Crippen molar-refractivity contribution < 1.29 is 4.52 Å². The van der Waals surface area contributed by atoms with Gasteiger partial charge in [0.1, 0.15) is 0 Å². The van der Waals surface area contributed by atoms with Crippen LogP contribution in [0.4, 0.5) is 0 Å². The molecule has 4 rings (SSSR count). The number of aromatic nitrogens is 3. The van der Waals surface area contributed by atoms with Crippen LogP contribution in [-0.4, -0.2) is 21.3 Å². The van der Waals surface area contributed by atoms with Crippen LogP contribution in [0.3, 0.4) is 0 Å². The maximum Gasteiger partial charge on any atom is 0.228 e. The van der Waals surface area contributed by atoms with Crippen molar-refractivity contribution in [2.75, 3.05) is 6.54 Å². The molecular weight excluding hydrogens is 312 g/mol. The molecule has 4 aromatic rings. The standard InChI is InChI=1S/C20H20N4O/c1-24-14-17(16-9-5-6-10-18(16)24)20-22-19(25-23-20)11-12-21-13-15-7-3-2-4-8-15/h2-10,14,21H,11-13H2,1H3. The van der Waals surface area contributed by atoms with Gasteiger partial charge in [-0.05, 0) is 11.6 Å². The molecule has 0 aliphatic rings.